The van der Waals surface area contributed by atoms with E-state index in [1.54, 1.807) is 0 Å². The van der Waals surface area contributed by atoms with Crippen LogP contribution in [0.5, 0.6) is 0 Å². The molecule has 1 heteroatoms. The summed E-state index contributed by atoms with van der Waals surface area (Å²) in [6.45, 7) is 6.46. The van der Waals surface area contributed by atoms with Crippen LogP contribution in [0.2, 0.25) is 0 Å². The molecule has 0 aromatic heterocycles. The average molecular weight is 140 g/mol. The molecule has 2 atom stereocenters. The smallest absolute Gasteiger partial charge is 0.135 e. The summed E-state index contributed by atoms with van der Waals surface area (Å²) in [5.74, 6) is 2.17. The van der Waals surface area contributed by atoms with E-state index < -0.39 is 0 Å². The van der Waals surface area contributed by atoms with Crippen molar-refractivity contribution in [1.82, 2.24) is 0 Å². The molecule has 0 aromatic carbocycles. The van der Waals surface area contributed by atoms with E-state index in [1.165, 1.54) is 0 Å². The molecule has 0 N–H and O–H groups in total. The minimum atomic E-state index is 0.340. The molecule has 1 aliphatic carbocycles. The van der Waals surface area contributed by atoms with Gasteiger partial charge < -0.3 is 0 Å². The Morgan fingerprint density at radius 3 is 2.30 bits per heavy atom. The highest BCUT2D eigenvalue weighted by molar-refractivity contribution is 5.82. The minimum Gasteiger partial charge on any atom is -0.299 e. The van der Waals surface area contributed by atoms with Crippen molar-refractivity contribution in [1.29, 1.82) is 0 Å². The molecule has 0 bridgehead atoms. The maximum atomic E-state index is 11.1. The third kappa shape index (κ3) is 1.39. The molecule has 0 heterocycles. The van der Waals surface area contributed by atoms with Crippen molar-refractivity contribution in [3.63, 3.8) is 0 Å². The zero-order chi connectivity index (χ0) is 7.72. The van der Waals surface area contributed by atoms with Crippen LogP contribution < -0.4 is 0 Å². The summed E-state index contributed by atoms with van der Waals surface area (Å²) >= 11 is 0. The second-order valence-corrected chi connectivity index (χ2v) is 3.81. The molecule has 1 saturated carbocycles. The Morgan fingerprint density at radius 2 is 2.10 bits per heavy atom. The van der Waals surface area contributed by atoms with Crippen molar-refractivity contribution in [2.45, 2.75) is 33.6 Å². The maximum Gasteiger partial charge on any atom is 0.135 e. The largest absolute Gasteiger partial charge is 0.299 e. The first kappa shape index (κ1) is 7.77. The molecule has 0 aromatic rings. The third-order valence-electron chi connectivity index (χ3n) is 2.61. The van der Waals surface area contributed by atoms with Gasteiger partial charge in [0.1, 0.15) is 5.78 Å². The molecule has 0 radical (unpaired) electrons. The van der Waals surface area contributed by atoms with Gasteiger partial charge in [0.25, 0.3) is 0 Å². The highest BCUT2D eigenvalue weighted by atomic mass is 16.1. The quantitative estimate of drug-likeness (QED) is 0.546. The van der Waals surface area contributed by atoms with Crippen LogP contribution in [-0.2, 0) is 4.79 Å². The predicted octanol–water partition coefficient (Wildman–Crippen LogP) is 2.26. The Kier molecular flexibility index (Phi) is 2.12. The van der Waals surface area contributed by atoms with Gasteiger partial charge in [0, 0.05) is 12.3 Å². The topological polar surface area (TPSA) is 17.1 Å². The standard InChI is InChI=1S/C9H16O/c1-6(2)8-4-7(3)9(10)5-8/h6-8H,4-5H2,1-3H3/t7-,8+/m0/s1. The van der Waals surface area contributed by atoms with E-state index in [-0.39, 0.29) is 0 Å². The van der Waals surface area contributed by atoms with Crippen molar-refractivity contribution in [3.05, 3.63) is 0 Å². The first-order valence-corrected chi connectivity index (χ1v) is 4.14. The molecule has 1 rings (SSSR count). The second kappa shape index (κ2) is 2.73. The van der Waals surface area contributed by atoms with Gasteiger partial charge in [-0.1, -0.05) is 20.8 Å². The van der Waals surface area contributed by atoms with Crippen LogP contribution in [-0.4, -0.2) is 5.78 Å². The number of Topliss-reactive ketones (excluding diaryl/α,β-unsaturated/α-hetero) is 1. The lowest BCUT2D eigenvalue weighted by molar-refractivity contribution is -0.120. The molecule has 1 nitrogen and oxygen atoms in total. The average Bonchev–Trinajstić information content (AvgIpc) is 2.13. The van der Waals surface area contributed by atoms with Gasteiger partial charge in [-0.25, -0.2) is 0 Å². The first-order valence-electron chi connectivity index (χ1n) is 4.14. The Hall–Kier alpha value is -0.330. The van der Waals surface area contributed by atoms with E-state index in [1.807, 2.05) is 6.92 Å². The number of hydrogen-bond acceptors (Lipinski definition) is 1. The van der Waals surface area contributed by atoms with E-state index in [9.17, 15) is 4.79 Å². The first-order chi connectivity index (χ1) is 4.61. The van der Waals surface area contributed by atoms with Crippen molar-refractivity contribution in [3.8, 4) is 0 Å². The lowest BCUT2D eigenvalue weighted by Crippen LogP contribution is -2.03. The highest BCUT2D eigenvalue weighted by Crippen LogP contribution is 2.32. The van der Waals surface area contributed by atoms with Gasteiger partial charge in [0.2, 0.25) is 0 Å². The Morgan fingerprint density at radius 1 is 1.50 bits per heavy atom. The summed E-state index contributed by atoms with van der Waals surface area (Å²) in [6, 6.07) is 0. The maximum absolute atomic E-state index is 11.1. The van der Waals surface area contributed by atoms with Gasteiger partial charge in [-0.15, -0.1) is 0 Å². The lowest BCUT2D eigenvalue weighted by Gasteiger charge is -2.11. The molecule has 58 valence electrons. The minimum absolute atomic E-state index is 0.340. The monoisotopic (exact) mass is 140 g/mol. The zero-order valence-electron chi connectivity index (χ0n) is 7.05. The molecule has 1 aliphatic rings. The van der Waals surface area contributed by atoms with Gasteiger partial charge in [-0.2, -0.15) is 0 Å². The van der Waals surface area contributed by atoms with E-state index in [2.05, 4.69) is 13.8 Å². The zero-order valence-corrected chi connectivity index (χ0v) is 7.05. The molecular formula is C9H16O. The van der Waals surface area contributed by atoms with Crippen LogP contribution in [0.1, 0.15) is 33.6 Å². The Bertz CT molecular complexity index is 138. The fourth-order valence-electron chi connectivity index (χ4n) is 1.64. The van der Waals surface area contributed by atoms with E-state index in [0.717, 1.165) is 12.8 Å². The van der Waals surface area contributed by atoms with Crippen LogP contribution in [0.3, 0.4) is 0 Å². The summed E-state index contributed by atoms with van der Waals surface area (Å²) in [4.78, 5) is 11.1. The number of hydrogen-bond donors (Lipinski definition) is 0. The molecule has 0 amide bonds. The predicted molar refractivity (Wildman–Crippen MR) is 41.7 cm³/mol. The lowest BCUT2D eigenvalue weighted by atomic mass is 9.94. The van der Waals surface area contributed by atoms with Gasteiger partial charge in [0.15, 0.2) is 0 Å². The number of carbonyl (C=O) groups excluding carboxylic acids is 1. The number of carbonyl (C=O) groups is 1. The Labute approximate surface area is 62.8 Å². The fraction of sp³-hybridized carbons (Fsp3) is 0.889. The van der Waals surface area contributed by atoms with E-state index >= 15 is 0 Å². The van der Waals surface area contributed by atoms with Crippen LogP contribution in [0.25, 0.3) is 0 Å². The summed E-state index contributed by atoms with van der Waals surface area (Å²) in [5.41, 5.74) is 0. The highest BCUT2D eigenvalue weighted by Gasteiger charge is 2.30. The molecule has 0 aliphatic heterocycles. The molecule has 0 unspecified atom stereocenters. The molecule has 0 saturated heterocycles. The summed E-state index contributed by atoms with van der Waals surface area (Å²) in [7, 11) is 0. The summed E-state index contributed by atoms with van der Waals surface area (Å²) < 4.78 is 0. The van der Waals surface area contributed by atoms with Crippen molar-refractivity contribution in [2.75, 3.05) is 0 Å². The Balaban J connectivity index is 2.49. The molecule has 1 fully saturated rings. The molecule has 0 spiro atoms. The molecule has 10 heavy (non-hydrogen) atoms. The van der Waals surface area contributed by atoms with Crippen LogP contribution in [0.15, 0.2) is 0 Å². The van der Waals surface area contributed by atoms with Gasteiger partial charge in [0.05, 0.1) is 0 Å². The fourth-order valence-corrected chi connectivity index (χ4v) is 1.64. The normalized spacial score (nSPS) is 33.8. The van der Waals surface area contributed by atoms with Crippen LogP contribution >= 0.6 is 0 Å². The van der Waals surface area contributed by atoms with Crippen molar-refractivity contribution >= 4 is 5.78 Å². The van der Waals surface area contributed by atoms with Gasteiger partial charge in [-0.05, 0) is 18.3 Å². The van der Waals surface area contributed by atoms with Crippen LogP contribution in [0, 0.1) is 17.8 Å². The number of rotatable bonds is 1. The van der Waals surface area contributed by atoms with Crippen molar-refractivity contribution < 1.29 is 4.79 Å². The number of ketones is 1. The molecular weight excluding hydrogens is 124 g/mol. The van der Waals surface area contributed by atoms with E-state index in [4.69, 9.17) is 0 Å². The van der Waals surface area contributed by atoms with E-state index in [0.29, 0.717) is 23.5 Å². The van der Waals surface area contributed by atoms with Crippen LogP contribution in [0.4, 0.5) is 0 Å². The third-order valence-corrected chi connectivity index (χ3v) is 2.61. The van der Waals surface area contributed by atoms with Gasteiger partial charge in [-0.3, -0.25) is 4.79 Å². The van der Waals surface area contributed by atoms with Crippen molar-refractivity contribution in [2.24, 2.45) is 17.8 Å². The summed E-state index contributed by atoms with van der Waals surface area (Å²) in [6.07, 6.45) is 1.95. The summed E-state index contributed by atoms with van der Waals surface area (Å²) in [5, 5.41) is 0. The van der Waals surface area contributed by atoms with Gasteiger partial charge >= 0.3 is 0 Å². The second-order valence-electron chi connectivity index (χ2n) is 3.81. The SMILES string of the molecule is CC(C)[C@H]1CC(=O)[C@@H](C)C1.